The van der Waals surface area contributed by atoms with E-state index in [1.54, 1.807) is 0 Å². The van der Waals surface area contributed by atoms with Gasteiger partial charge in [-0.2, -0.15) is 0 Å². The van der Waals surface area contributed by atoms with Crippen molar-refractivity contribution in [3.8, 4) is 0 Å². The summed E-state index contributed by atoms with van der Waals surface area (Å²) >= 11 is 15.2. The lowest BCUT2D eigenvalue weighted by Crippen LogP contribution is -2.01. The molecule has 0 unspecified atom stereocenters. The number of alkyl halides is 2. The summed E-state index contributed by atoms with van der Waals surface area (Å²) in [6.45, 7) is 0.696. The van der Waals surface area contributed by atoms with Gasteiger partial charge in [0.05, 0.1) is 5.34 Å². The number of nitrogens with two attached hydrogens (primary N) is 1. The number of hydrogen-bond donors (Lipinski definition) is 1. The predicted molar refractivity (Wildman–Crippen MR) is 60.8 cm³/mol. The van der Waals surface area contributed by atoms with Gasteiger partial charge in [0.25, 0.3) is 0 Å². The highest BCUT2D eigenvalue weighted by Gasteiger charge is 1.89. The molecule has 2 N–H and O–H groups in total. The van der Waals surface area contributed by atoms with Crippen molar-refractivity contribution in [1.29, 1.82) is 0 Å². The zero-order valence-corrected chi connectivity index (χ0v) is 9.41. The first-order valence-electron chi connectivity index (χ1n) is 3.81. The van der Waals surface area contributed by atoms with Gasteiger partial charge < -0.3 is 5.73 Å². The average molecular weight is 241 g/mol. The minimum absolute atomic E-state index is 0.194. The van der Waals surface area contributed by atoms with Gasteiger partial charge in [-0.25, -0.2) is 0 Å². The molecule has 74 valence electrons. The second-order valence-electron chi connectivity index (χ2n) is 2.27. The lowest BCUT2D eigenvalue weighted by atomic mass is 10.2. The van der Waals surface area contributed by atoms with E-state index < -0.39 is 0 Å². The Morgan fingerprint density at radius 3 is 1.92 bits per heavy atom. The van der Waals surface area contributed by atoms with Gasteiger partial charge >= 0.3 is 0 Å². The summed E-state index contributed by atoms with van der Waals surface area (Å²) in [7, 11) is 0. The van der Waals surface area contributed by atoms with Crippen LogP contribution in [-0.4, -0.2) is 11.9 Å². The third kappa shape index (κ3) is 7.15. The summed E-state index contributed by atoms with van der Waals surface area (Å²) in [4.78, 5) is 0. The minimum atomic E-state index is 0.194. The Balaban J connectivity index is 0.000000424. The van der Waals surface area contributed by atoms with Crippen molar-refractivity contribution in [1.82, 2.24) is 0 Å². The normalized spacial score (nSPS) is 8.92. The molecular weight excluding hydrogens is 228 g/mol. The smallest absolute Gasteiger partial charge is 0.0967 e. The molecule has 0 bridgehead atoms. The van der Waals surface area contributed by atoms with Crippen molar-refractivity contribution in [2.75, 3.05) is 11.9 Å². The largest absolute Gasteiger partial charge is 0.330 e. The average Bonchev–Trinajstić information content (AvgIpc) is 2.11. The van der Waals surface area contributed by atoms with Gasteiger partial charge in [-0.1, -0.05) is 23.7 Å². The Morgan fingerprint density at radius 2 is 1.54 bits per heavy atom. The second kappa shape index (κ2) is 8.64. The summed E-state index contributed by atoms with van der Waals surface area (Å²) in [6.07, 6.45) is 0.928. The van der Waals surface area contributed by atoms with E-state index in [0.29, 0.717) is 6.54 Å². The van der Waals surface area contributed by atoms with Crippen molar-refractivity contribution >= 4 is 34.8 Å². The van der Waals surface area contributed by atoms with Gasteiger partial charge in [0.1, 0.15) is 0 Å². The Morgan fingerprint density at radius 1 is 1.08 bits per heavy atom. The van der Waals surface area contributed by atoms with E-state index in [9.17, 15) is 0 Å². The van der Waals surface area contributed by atoms with Crippen molar-refractivity contribution in [3.05, 3.63) is 34.9 Å². The molecule has 0 aliphatic heterocycles. The highest BCUT2D eigenvalue weighted by atomic mass is 35.5. The number of hydrogen-bond acceptors (Lipinski definition) is 1. The van der Waals surface area contributed by atoms with Crippen LogP contribution in [0.4, 0.5) is 0 Å². The zero-order valence-electron chi connectivity index (χ0n) is 7.14. The Labute approximate surface area is 93.8 Å². The first-order chi connectivity index (χ1) is 6.24. The van der Waals surface area contributed by atoms with Crippen molar-refractivity contribution in [3.63, 3.8) is 0 Å². The number of benzene rings is 1. The van der Waals surface area contributed by atoms with Gasteiger partial charge in [0.15, 0.2) is 0 Å². The van der Waals surface area contributed by atoms with Crippen molar-refractivity contribution < 1.29 is 0 Å². The van der Waals surface area contributed by atoms with E-state index in [0.717, 1.165) is 11.4 Å². The van der Waals surface area contributed by atoms with Crippen LogP contribution in [0.15, 0.2) is 24.3 Å². The Kier molecular flexibility index (Phi) is 8.67. The fourth-order valence-electron chi connectivity index (χ4n) is 0.818. The third-order valence-electron chi connectivity index (χ3n) is 1.35. The van der Waals surface area contributed by atoms with E-state index in [1.165, 1.54) is 5.56 Å². The lowest BCUT2D eigenvalue weighted by molar-refractivity contribution is 0.969. The van der Waals surface area contributed by atoms with Crippen molar-refractivity contribution in [2.45, 2.75) is 6.42 Å². The van der Waals surface area contributed by atoms with Gasteiger partial charge in [0, 0.05) is 5.02 Å². The van der Waals surface area contributed by atoms with Crippen LogP contribution >= 0.6 is 34.8 Å². The lowest BCUT2D eigenvalue weighted by Gasteiger charge is -1.96. The molecule has 0 fully saturated rings. The quantitative estimate of drug-likeness (QED) is 0.789. The van der Waals surface area contributed by atoms with Crippen LogP contribution in [0.5, 0.6) is 0 Å². The molecule has 0 spiro atoms. The zero-order chi connectivity index (χ0) is 10.1. The molecular formula is C9H12Cl3N. The standard InChI is InChI=1S/C8H10ClN.CH2Cl2/c9-8-3-1-7(2-4-8)5-6-10;2-1-3/h1-4H,5-6,10H2;1H2. The van der Waals surface area contributed by atoms with Crippen LogP contribution in [0, 0.1) is 0 Å². The maximum Gasteiger partial charge on any atom is 0.0967 e. The van der Waals surface area contributed by atoms with Crippen LogP contribution in [0.25, 0.3) is 0 Å². The minimum Gasteiger partial charge on any atom is -0.330 e. The molecule has 0 saturated carbocycles. The highest BCUT2D eigenvalue weighted by Crippen LogP contribution is 2.09. The molecule has 13 heavy (non-hydrogen) atoms. The summed E-state index contributed by atoms with van der Waals surface area (Å²) < 4.78 is 0. The first-order valence-corrected chi connectivity index (χ1v) is 5.25. The number of halogens is 3. The van der Waals surface area contributed by atoms with E-state index in [-0.39, 0.29) is 5.34 Å². The molecule has 0 aliphatic rings. The molecule has 4 heteroatoms. The van der Waals surface area contributed by atoms with Gasteiger partial charge in [-0.15, -0.1) is 23.2 Å². The fraction of sp³-hybridized carbons (Fsp3) is 0.333. The van der Waals surface area contributed by atoms with Crippen molar-refractivity contribution in [2.24, 2.45) is 5.73 Å². The molecule has 0 atom stereocenters. The van der Waals surface area contributed by atoms with E-state index in [2.05, 4.69) is 0 Å². The van der Waals surface area contributed by atoms with E-state index in [4.69, 9.17) is 40.5 Å². The molecule has 0 heterocycles. The highest BCUT2D eigenvalue weighted by molar-refractivity contribution is 6.40. The van der Waals surface area contributed by atoms with Gasteiger partial charge in [0.2, 0.25) is 0 Å². The van der Waals surface area contributed by atoms with Crippen LogP contribution < -0.4 is 5.73 Å². The molecule has 0 radical (unpaired) electrons. The summed E-state index contributed by atoms with van der Waals surface area (Å²) in [6, 6.07) is 7.75. The van der Waals surface area contributed by atoms with Gasteiger partial charge in [-0.3, -0.25) is 0 Å². The molecule has 0 aromatic heterocycles. The van der Waals surface area contributed by atoms with Crippen LogP contribution in [0.1, 0.15) is 5.56 Å². The SMILES string of the molecule is ClCCl.NCCc1ccc(Cl)cc1. The predicted octanol–water partition coefficient (Wildman–Crippen LogP) is 3.26. The maximum absolute atomic E-state index is 5.68. The maximum atomic E-state index is 5.68. The number of rotatable bonds is 2. The topological polar surface area (TPSA) is 26.0 Å². The van der Waals surface area contributed by atoms with Crippen LogP contribution in [0.3, 0.4) is 0 Å². The molecule has 1 rings (SSSR count). The first kappa shape index (κ1) is 13.1. The summed E-state index contributed by atoms with van der Waals surface area (Å²) in [5.41, 5.74) is 6.61. The van der Waals surface area contributed by atoms with E-state index in [1.807, 2.05) is 24.3 Å². The van der Waals surface area contributed by atoms with Crippen LogP contribution in [-0.2, 0) is 6.42 Å². The molecule has 1 aromatic rings. The molecule has 1 aromatic carbocycles. The molecule has 1 nitrogen and oxygen atoms in total. The van der Waals surface area contributed by atoms with Gasteiger partial charge in [-0.05, 0) is 30.7 Å². The molecule has 0 amide bonds. The summed E-state index contributed by atoms with van der Waals surface area (Å²) in [5, 5.41) is 0.973. The molecule has 0 saturated heterocycles. The van der Waals surface area contributed by atoms with Crippen LogP contribution in [0.2, 0.25) is 5.02 Å². The third-order valence-corrected chi connectivity index (χ3v) is 1.60. The monoisotopic (exact) mass is 239 g/mol. The van der Waals surface area contributed by atoms with E-state index >= 15 is 0 Å². The second-order valence-corrected chi connectivity index (χ2v) is 3.51. The fourth-order valence-corrected chi connectivity index (χ4v) is 0.944. The Hall–Kier alpha value is 0.0500. The Bertz CT molecular complexity index is 211. The summed E-state index contributed by atoms with van der Waals surface area (Å²) in [5.74, 6) is 0. The molecule has 0 aliphatic carbocycles.